The van der Waals surface area contributed by atoms with Crippen molar-refractivity contribution >= 4 is 131 Å². The molecule has 0 saturated heterocycles. The van der Waals surface area contributed by atoms with Crippen LogP contribution in [0.2, 0.25) is 0 Å². The van der Waals surface area contributed by atoms with Crippen LogP contribution < -0.4 is 4.65 Å². The Bertz CT molecular complexity index is 6360. The molecule has 18 aromatic rings. The Morgan fingerprint density at radius 1 is 0.255 bits per heavy atom. The molecule has 4 heteroatoms. The minimum absolute atomic E-state index is 0.0153. The van der Waals surface area contributed by atoms with E-state index in [2.05, 4.69) is 335 Å². The second-order valence-electron chi connectivity index (χ2n) is 27.5. The fourth-order valence-corrected chi connectivity index (χ4v) is 17.0. The summed E-state index contributed by atoms with van der Waals surface area (Å²) in [6, 6.07) is 115. The van der Waals surface area contributed by atoms with Gasteiger partial charge in [0.15, 0.2) is 0 Å². The molecule has 0 amide bonds. The van der Waals surface area contributed by atoms with Crippen LogP contribution in [0.1, 0.15) is 49.9 Å². The van der Waals surface area contributed by atoms with Crippen LogP contribution in [-0.4, -0.2) is 12.7 Å². The highest BCUT2D eigenvalue weighted by atomic mass is 79.9. The summed E-state index contributed by atoms with van der Waals surface area (Å²) < 4.78 is 6.54. The van der Waals surface area contributed by atoms with Gasteiger partial charge >= 0.3 is 7.69 Å². The smallest absolute Gasteiger partial charge is 0.537 e. The molecule has 2 nitrogen and oxygen atoms in total. The third-order valence-corrected chi connectivity index (χ3v) is 21.9. The number of rotatable bonds is 5. The van der Waals surface area contributed by atoms with Gasteiger partial charge < -0.3 is 9.68 Å². The summed E-state index contributed by atoms with van der Waals surface area (Å²) in [5, 5.41) is 34.1. The molecule has 18 aromatic carbocycles. The predicted octanol–water partition coefficient (Wildman–Crippen LogP) is 25.9. The van der Waals surface area contributed by atoms with Crippen LogP contribution in [-0.2, 0) is 10.8 Å². The largest absolute Gasteiger partial charge is 0.569 e. The third kappa shape index (κ3) is 9.56. The summed E-state index contributed by atoms with van der Waals surface area (Å²) in [5.74, 6) is 0.658. The lowest BCUT2D eigenvalue weighted by molar-refractivity contribution is 0.457. The Hall–Kier alpha value is -11.1. The summed E-state index contributed by atoms with van der Waals surface area (Å²) >= 11 is 3.59. The number of benzene rings is 18. The number of fused-ring (bicyclic) bond motifs is 24. The van der Waals surface area contributed by atoms with Gasteiger partial charge in [-0.3, -0.25) is 0 Å². The molecule has 0 bridgehead atoms. The summed E-state index contributed by atoms with van der Waals surface area (Å²) in [7, 11) is 0.747. The monoisotopic (exact) mass is 1320 g/mol. The maximum absolute atomic E-state index is 9.19. The van der Waals surface area contributed by atoms with Crippen LogP contribution in [0.3, 0.4) is 0 Å². The zero-order chi connectivity index (χ0) is 66.0. The molecular formula is C94H65BBrO2. The van der Waals surface area contributed by atoms with E-state index in [0.29, 0.717) is 5.75 Å². The van der Waals surface area contributed by atoms with Crippen molar-refractivity contribution in [1.29, 1.82) is 0 Å². The summed E-state index contributed by atoms with van der Waals surface area (Å²) in [4.78, 5) is 0. The normalized spacial score (nSPS) is 13.2. The Kier molecular flexibility index (Phi) is 14.1. The first-order valence-corrected chi connectivity index (χ1v) is 34.6. The Morgan fingerprint density at radius 2 is 0.582 bits per heavy atom. The van der Waals surface area contributed by atoms with Crippen molar-refractivity contribution in [1.82, 2.24) is 0 Å². The molecular weight excluding hydrogens is 1250 g/mol. The second-order valence-corrected chi connectivity index (χ2v) is 28.4. The van der Waals surface area contributed by atoms with Crippen molar-refractivity contribution < 1.29 is 9.68 Å². The van der Waals surface area contributed by atoms with Crippen molar-refractivity contribution in [2.75, 3.05) is 0 Å². The summed E-state index contributed by atoms with van der Waals surface area (Å²) in [5.41, 5.74) is 18.8. The van der Waals surface area contributed by atoms with E-state index in [1.54, 1.807) is 0 Å². The standard InChI is InChI=1S/C47H32.C25H19Br.C22H14BO2/c1-47(2)44-18-10-9-15-38(44)39-24-23-31(27-45(39)47)30-21-19-29-20-22-32(26-33(29)25-30)42-28-43-36-13-4-3-11-34(36)35-12-5-7-16-40(35)46(43)41-17-8-6-14-37(41)42;1-25(2)23-6-4-3-5-21(23)22-12-10-18(15-24(22)25)17-8-7-16-9-11-20(26)14-19(16)13-17;24-23-25-21-13-20-16-9-2-1-7-14(16)15-8-3-5-11-18(15)22(20)19-12-6-4-10-17(19)21/h3-28H,1-2H3;3-15H,1-2H3;1-13,24H. The molecule has 0 fully saturated rings. The summed E-state index contributed by atoms with van der Waals surface area (Å²) in [6.45, 7) is 9.37. The van der Waals surface area contributed by atoms with E-state index < -0.39 is 0 Å². The maximum Gasteiger partial charge on any atom is 0.569 e. The van der Waals surface area contributed by atoms with Crippen molar-refractivity contribution in [3.8, 4) is 61.4 Å². The summed E-state index contributed by atoms with van der Waals surface area (Å²) in [6.07, 6.45) is 0. The van der Waals surface area contributed by atoms with Crippen molar-refractivity contribution in [3.05, 3.63) is 342 Å². The van der Waals surface area contributed by atoms with Crippen LogP contribution in [0.15, 0.2) is 320 Å². The zero-order valence-corrected chi connectivity index (χ0v) is 56.4. The van der Waals surface area contributed by atoms with Crippen LogP contribution in [0.4, 0.5) is 0 Å². The fourth-order valence-electron chi connectivity index (χ4n) is 16.7. The Labute approximate surface area is 579 Å². The van der Waals surface area contributed by atoms with Crippen LogP contribution in [0.25, 0.3) is 163 Å². The predicted molar refractivity (Wildman–Crippen MR) is 422 cm³/mol. The molecule has 2 aliphatic carbocycles. The van der Waals surface area contributed by atoms with E-state index in [1.165, 1.54) is 169 Å². The van der Waals surface area contributed by atoms with E-state index in [-0.39, 0.29) is 10.8 Å². The number of halogens is 1. The van der Waals surface area contributed by atoms with E-state index in [4.69, 9.17) is 4.65 Å². The zero-order valence-electron chi connectivity index (χ0n) is 54.8. The van der Waals surface area contributed by atoms with E-state index in [1.807, 2.05) is 24.3 Å². The highest BCUT2D eigenvalue weighted by molar-refractivity contribution is 9.10. The topological polar surface area (TPSA) is 29.5 Å². The molecule has 0 heterocycles. The molecule has 0 unspecified atom stereocenters. The van der Waals surface area contributed by atoms with Gasteiger partial charge in [0.2, 0.25) is 0 Å². The molecule has 20 rings (SSSR count). The quantitative estimate of drug-likeness (QED) is 0.137. The lowest BCUT2D eigenvalue weighted by atomic mass is 9.81. The third-order valence-electron chi connectivity index (χ3n) is 21.4. The van der Waals surface area contributed by atoms with Gasteiger partial charge in [0.1, 0.15) is 5.75 Å². The van der Waals surface area contributed by atoms with E-state index in [9.17, 15) is 5.02 Å². The van der Waals surface area contributed by atoms with Gasteiger partial charge in [-0.2, -0.15) is 0 Å². The average molecular weight is 1320 g/mol. The molecule has 0 atom stereocenters. The van der Waals surface area contributed by atoms with Gasteiger partial charge in [-0.05, 0) is 235 Å². The van der Waals surface area contributed by atoms with Gasteiger partial charge in [-0.15, -0.1) is 0 Å². The minimum atomic E-state index is -0.0153. The average Bonchev–Trinajstić information content (AvgIpc) is 0.899. The lowest BCUT2D eigenvalue weighted by Crippen LogP contribution is -2.14. The molecule has 98 heavy (non-hydrogen) atoms. The van der Waals surface area contributed by atoms with Gasteiger partial charge in [0.05, 0.1) is 0 Å². The molecule has 0 spiro atoms. The van der Waals surface area contributed by atoms with Crippen molar-refractivity contribution in [3.63, 3.8) is 0 Å². The molecule has 2 aliphatic rings. The van der Waals surface area contributed by atoms with Crippen molar-refractivity contribution in [2.24, 2.45) is 0 Å². The van der Waals surface area contributed by atoms with Crippen LogP contribution >= 0.6 is 15.9 Å². The molecule has 0 aliphatic heterocycles. The van der Waals surface area contributed by atoms with Gasteiger partial charge in [0.25, 0.3) is 0 Å². The van der Waals surface area contributed by atoms with Gasteiger partial charge in [-0.25, -0.2) is 0 Å². The first-order chi connectivity index (χ1) is 48.0. The molecule has 1 radical (unpaired) electrons. The van der Waals surface area contributed by atoms with E-state index >= 15 is 0 Å². The molecule has 0 saturated carbocycles. The number of hydrogen-bond acceptors (Lipinski definition) is 2. The van der Waals surface area contributed by atoms with Crippen LogP contribution in [0.5, 0.6) is 5.75 Å². The minimum Gasteiger partial charge on any atom is -0.537 e. The second kappa shape index (κ2) is 23.3. The van der Waals surface area contributed by atoms with E-state index in [0.717, 1.165) is 28.3 Å². The van der Waals surface area contributed by atoms with Gasteiger partial charge in [-0.1, -0.05) is 304 Å². The lowest BCUT2D eigenvalue weighted by Gasteiger charge is -2.22. The highest BCUT2D eigenvalue weighted by Crippen LogP contribution is 2.52. The Morgan fingerprint density at radius 3 is 1.07 bits per heavy atom. The first-order valence-electron chi connectivity index (χ1n) is 33.8. The SMILES string of the molecule is CC1(C)c2ccccc2-c2ccc(-c3ccc4ccc(-c5cc6c7ccccc7c7ccccc7c6c6ccccc56)cc4c3)cc21.CC1(C)c2ccccc2-c2ccc(-c3ccc4ccc(Br)cc4c3)cc21.O[B]Oc1cc2c3ccccc3c3ccccc3c2c2ccccc12. The Balaban J connectivity index is 0.000000116. The number of hydrogen-bond donors (Lipinski definition) is 1. The molecule has 463 valence electrons. The van der Waals surface area contributed by atoms with Crippen molar-refractivity contribution in [2.45, 2.75) is 38.5 Å². The first kappa shape index (κ1) is 59.4. The molecule has 1 N–H and O–H groups in total. The highest BCUT2D eigenvalue weighted by Gasteiger charge is 2.37. The van der Waals surface area contributed by atoms with Gasteiger partial charge in [0, 0.05) is 20.7 Å². The fraction of sp³-hybridized carbons (Fsp3) is 0.0638. The molecule has 0 aromatic heterocycles. The van der Waals surface area contributed by atoms with Crippen LogP contribution in [0, 0.1) is 0 Å². The maximum atomic E-state index is 9.19.